The number of hydrogen-bond donors (Lipinski definition) is 3. The van der Waals surface area contributed by atoms with E-state index in [1.54, 1.807) is 30.3 Å². The second kappa shape index (κ2) is 16.3. The lowest BCUT2D eigenvalue weighted by Crippen LogP contribution is -2.46. The molecule has 1 fully saturated rings. The number of aliphatic hydroxyl groups is 1. The second-order valence-corrected chi connectivity index (χ2v) is 12.4. The maximum Gasteiger partial charge on any atom is 0.252 e. The van der Waals surface area contributed by atoms with Crippen LogP contribution in [0.3, 0.4) is 0 Å². The van der Waals surface area contributed by atoms with Gasteiger partial charge < -0.3 is 30.1 Å². The van der Waals surface area contributed by atoms with Crippen molar-refractivity contribution in [2.24, 2.45) is 0 Å². The third kappa shape index (κ3) is 8.91. The lowest BCUT2D eigenvalue weighted by atomic mass is 9.88. The third-order valence-electron chi connectivity index (χ3n) is 7.90. The van der Waals surface area contributed by atoms with E-state index in [2.05, 4.69) is 10.6 Å². The molecule has 0 radical (unpaired) electrons. The SMILES string of the molecule is O=C(C1=C(c2ccc(OCCOc3c(Cl)cccc3Cl)cc2)CCN[C@@H]1CO)N(Cc1cc(CNCC(F)F)ccc1Cl)C1CC1. The summed E-state index contributed by atoms with van der Waals surface area (Å²) in [5.74, 6) is 0.892. The predicted octanol–water partition coefficient (Wildman–Crippen LogP) is 6.76. The molecule has 3 N–H and O–H groups in total. The first-order valence-electron chi connectivity index (χ1n) is 15.2. The summed E-state index contributed by atoms with van der Waals surface area (Å²) in [6.07, 6.45) is -0.0901. The van der Waals surface area contributed by atoms with Crippen molar-refractivity contribution < 1.29 is 28.2 Å². The normalized spacial score (nSPS) is 16.5. The number of nitrogens with zero attached hydrogens (tertiary/aromatic N) is 1. The number of hydrogen-bond acceptors (Lipinski definition) is 6. The molecule has 5 rings (SSSR count). The van der Waals surface area contributed by atoms with Crippen LogP contribution in [0.25, 0.3) is 5.57 Å². The monoisotopic (exact) mass is 693 g/mol. The summed E-state index contributed by atoms with van der Waals surface area (Å²) < 4.78 is 36.8. The number of aliphatic hydroxyl groups excluding tert-OH is 1. The van der Waals surface area contributed by atoms with Crippen LogP contribution in [-0.2, 0) is 17.9 Å². The number of carbonyl (C=O) groups excluding carboxylic acids is 1. The molecule has 0 aromatic heterocycles. The first-order chi connectivity index (χ1) is 22.2. The fourth-order valence-electron chi connectivity index (χ4n) is 5.50. The fraction of sp³-hybridized carbons (Fsp3) is 0.382. The van der Waals surface area contributed by atoms with E-state index in [-0.39, 0.29) is 44.9 Å². The molecular formula is C34H36Cl3F2N3O4. The van der Waals surface area contributed by atoms with E-state index in [9.17, 15) is 18.7 Å². The highest BCUT2D eigenvalue weighted by molar-refractivity contribution is 6.37. The van der Waals surface area contributed by atoms with Gasteiger partial charge in [-0.25, -0.2) is 8.78 Å². The van der Waals surface area contributed by atoms with Gasteiger partial charge in [-0.1, -0.05) is 65.1 Å². The summed E-state index contributed by atoms with van der Waals surface area (Å²) in [4.78, 5) is 16.1. The van der Waals surface area contributed by atoms with E-state index in [4.69, 9.17) is 44.3 Å². The molecule has 246 valence electrons. The van der Waals surface area contributed by atoms with Crippen molar-refractivity contribution in [3.05, 3.63) is 98.0 Å². The Labute approximate surface area is 282 Å². The van der Waals surface area contributed by atoms with Crippen molar-refractivity contribution in [1.82, 2.24) is 15.5 Å². The van der Waals surface area contributed by atoms with Crippen LogP contribution < -0.4 is 20.1 Å². The van der Waals surface area contributed by atoms with E-state index in [0.717, 1.165) is 35.1 Å². The van der Waals surface area contributed by atoms with Gasteiger partial charge in [0.1, 0.15) is 19.0 Å². The molecule has 2 aliphatic rings. The zero-order chi connectivity index (χ0) is 32.6. The van der Waals surface area contributed by atoms with Gasteiger partial charge in [0.25, 0.3) is 12.3 Å². The van der Waals surface area contributed by atoms with Crippen molar-refractivity contribution in [3.63, 3.8) is 0 Å². The topological polar surface area (TPSA) is 83.1 Å². The highest BCUT2D eigenvalue weighted by Gasteiger charge is 2.38. The number of para-hydroxylation sites is 1. The number of amides is 1. The van der Waals surface area contributed by atoms with Gasteiger partial charge in [-0.2, -0.15) is 0 Å². The number of rotatable bonds is 15. The van der Waals surface area contributed by atoms with E-state index in [1.807, 2.05) is 35.2 Å². The minimum atomic E-state index is -2.44. The molecule has 12 heteroatoms. The molecule has 1 heterocycles. The Morgan fingerprint density at radius 2 is 1.72 bits per heavy atom. The third-order valence-corrected chi connectivity index (χ3v) is 8.86. The minimum Gasteiger partial charge on any atom is -0.490 e. The second-order valence-electron chi connectivity index (χ2n) is 11.2. The van der Waals surface area contributed by atoms with Crippen molar-refractivity contribution in [2.75, 3.05) is 32.9 Å². The summed E-state index contributed by atoms with van der Waals surface area (Å²) in [7, 11) is 0. The maximum absolute atomic E-state index is 14.3. The van der Waals surface area contributed by atoms with Crippen molar-refractivity contribution in [3.8, 4) is 11.5 Å². The van der Waals surface area contributed by atoms with Crippen LogP contribution >= 0.6 is 34.8 Å². The molecule has 0 saturated heterocycles. The smallest absolute Gasteiger partial charge is 0.252 e. The molecule has 3 aromatic carbocycles. The Bertz CT molecular complexity index is 1520. The number of halogens is 5. The van der Waals surface area contributed by atoms with Crippen LogP contribution in [0.5, 0.6) is 11.5 Å². The standard InChI is InChI=1S/C34H36Cl3F2N3O4/c35-27-11-4-21(17-40-18-31(38)39)16-23(27)19-42(24-7-8-24)34(44)32-26(12-13-41-30(32)20-43)22-5-9-25(10-6-22)45-14-15-46-33-28(36)2-1-3-29(33)37/h1-6,9-11,16,24,30-31,40-41,43H,7-8,12-15,17-20H2/t30-/m1/s1. The molecule has 0 bridgehead atoms. The van der Waals surface area contributed by atoms with E-state index in [1.165, 1.54) is 0 Å². The minimum absolute atomic E-state index is 0.0536. The first-order valence-corrected chi connectivity index (χ1v) is 16.3. The molecule has 1 saturated carbocycles. The molecule has 1 aliphatic carbocycles. The molecule has 0 unspecified atom stereocenters. The summed E-state index contributed by atoms with van der Waals surface area (Å²) in [6, 6.07) is 17.6. The fourth-order valence-corrected chi connectivity index (χ4v) is 6.19. The maximum atomic E-state index is 14.3. The largest absolute Gasteiger partial charge is 0.490 e. The van der Waals surface area contributed by atoms with Gasteiger partial charge in [0.05, 0.1) is 29.2 Å². The average Bonchev–Trinajstić information content (AvgIpc) is 3.89. The van der Waals surface area contributed by atoms with Crippen LogP contribution in [0.2, 0.25) is 15.1 Å². The van der Waals surface area contributed by atoms with Crippen LogP contribution in [0.1, 0.15) is 36.0 Å². The van der Waals surface area contributed by atoms with Crippen molar-refractivity contribution in [2.45, 2.75) is 50.9 Å². The molecule has 1 aliphatic heterocycles. The highest BCUT2D eigenvalue weighted by atomic mass is 35.5. The van der Waals surface area contributed by atoms with Gasteiger partial charge in [0.15, 0.2) is 5.75 Å². The lowest BCUT2D eigenvalue weighted by molar-refractivity contribution is -0.128. The van der Waals surface area contributed by atoms with Crippen LogP contribution in [0, 0.1) is 0 Å². The molecule has 3 aromatic rings. The molecular weight excluding hydrogens is 659 g/mol. The summed E-state index contributed by atoms with van der Waals surface area (Å²) in [5.41, 5.74) is 3.82. The number of nitrogens with one attached hydrogen (secondary N) is 2. The molecule has 46 heavy (non-hydrogen) atoms. The Kier molecular flexibility index (Phi) is 12.2. The predicted molar refractivity (Wildman–Crippen MR) is 177 cm³/mol. The highest BCUT2D eigenvalue weighted by Crippen LogP contribution is 2.36. The average molecular weight is 695 g/mol. The summed E-state index contributed by atoms with van der Waals surface area (Å²) >= 11 is 18.9. The first kappa shape index (κ1) is 34.4. The van der Waals surface area contributed by atoms with Gasteiger partial charge in [-0.15, -0.1) is 0 Å². The van der Waals surface area contributed by atoms with Gasteiger partial charge in [-0.3, -0.25) is 4.79 Å². The molecule has 7 nitrogen and oxygen atoms in total. The van der Waals surface area contributed by atoms with E-state index < -0.39 is 19.0 Å². The van der Waals surface area contributed by atoms with Gasteiger partial charge >= 0.3 is 0 Å². The number of carbonyl (C=O) groups is 1. The van der Waals surface area contributed by atoms with Crippen LogP contribution in [0.4, 0.5) is 8.78 Å². The van der Waals surface area contributed by atoms with Crippen LogP contribution in [0.15, 0.2) is 66.2 Å². The molecule has 0 spiro atoms. The number of benzene rings is 3. The van der Waals surface area contributed by atoms with Crippen molar-refractivity contribution >= 4 is 46.3 Å². The summed E-state index contributed by atoms with van der Waals surface area (Å²) in [6.45, 7) is 1.03. The van der Waals surface area contributed by atoms with Gasteiger partial charge in [0, 0.05) is 29.7 Å². The Hall–Kier alpha value is -2.92. The Morgan fingerprint density at radius 3 is 2.39 bits per heavy atom. The van der Waals surface area contributed by atoms with E-state index >= 15 is 0 Å². The van der Waals surface area contributed by atoms with Crippen molar-refractivity contribution in [1.29, 1.82) is 0 Å². The number of alkyl halides is 2. The Balaban J connectivity index is 1.31. The van der Waals surface area contributed by atoms with Gasteiger partial charge in [-0.05, 0) is 78.4 Å². The Morgan fingerprint density at radius 1 is 1.00 bits per heavy atom. The summed E-state index contributed by atoms with van der Waals surface area (Å²) in [5, 5.41) is 17.7. The zero-order valence-corrected chi connectivity index (χ0v) is 27.4. The zero-order valence-electron chi connectivity index (χ0n) is 25.1. The van der Waals surface area contributed by atoms with E-state index in [0.29, 0.717) is 45.1 Å². The molecule has 1 amide bonds. The van der Waals surface area contributed by atoms with Gasteiger partial charge in [0.2, 0.25) is 0 Å². The molecule has 1 atom stereocenters. The number of ether oxygens (including phenoxy) is 2. The lowest BCUT2D eigenvalue weighted by Gasteiger charge is -2.33. The van der Waals surface area contributed by atoms with Crippen LogP contribution in [-0.4, -0.2) is 67.3 Å². The quantitative estimate of drug-likeness (QED) is 0.153.